The lowest BCUT2D eigenvalue weighted by Gasteiger charge is -2.09. The van der Waals surface area contributed by atoms with Crippen LogP contribution in [0.1, 0.15) is 17.0 Å². The second-order valence-electron chi connectivity index (χ2n) is 4.67. The molecule has 0 fully saturated rings. The Morgan fingerprint density at radius 1 is 1.48 bits per heavy atom. The van der Waals surface area contributed by atoms with E-state index in [1.54, 1.807) is 6.20 Å². The summed E-state index contributed by atoms with van der Waals surface area (Å²) in [5.74, 6) is 2.40. The summed E-state index contributed by atoms with van der Waals surface area (Å²) >= 11 is 3.29. The third kappa shape index (κ3) is 3.00. The predicted molar refractivity (Wildman–Crippen MR) is 85.0 cm³/mol. The molecule has 0 unspecified atom stereocenters. The lowest BCUT2D eigenvalue weighted by molar-refractivity contribution is 0.659. The van der Waals surface area contributed by atoms with Crippen molar-refractivity contribution in [3.05, 3.63) is 38.0 Å². The van der Waals surface area contributed by atoms with E-state index in [1.165, 1.54) is 4.68 Å². The summed E-state index contributed by atoms with van der Waals surface area (Å²) in [5.41, 5.74) is 3.54. The quantitative estimate of drug-likeness (QED) is 0.851. The van der Waals surface area contributed by atoms with Crippen molar-refractivity contribution in [1.29, 1.82) is 0 Å². The zero-order chi connectivity index (χ0) is 15.6. The van der Waals surface area contributed by atoms with Gasteiger partial charge in [-0.25, -0.2) is 4.68 Å². The molecule has 2 aromatic heterocycles. The van der Waals surface area contributed by atoms with Crippen LogP contribution < -0.4 is 10.9 Å². The highest BCUT2D eigenvalue weighted by atomic mass is 79.9. The van der Waals surface area contributed by atoms with Gasteiger partial charge in [0.2, 0.25) is 0 Å². The summed E-state index contributed by atoms with van der Waals surface area (Å²) in [7, 11) is 1.91. The molecule has 0 saturated heterocycles. The van der Waals surface area contributed by atoms with Gasteiger partial charge in [-0.1, -0.05) is 5.92 Å². The number of rotatable bonds is 4. The number of nitrogens with one attached hydrogen (secondary N) is 1. The molecule has 110 valence electrons. The molecule has 0 saturated carbocycles. The fraction of sp³-hybridized carbons (Fsp3) is 0.357. The fourth-order valence-electron chi connectivity index (χ4n) is 2.04. The van der Waals surface area contributed by atoms with Crippen molar-refractivity contribution in [3.63, 3.8) is 0 Å². The van der Waals surface area contributed by atoms with Crippen molar-refractivity contribution in [2.24, 2.45) is 7.05 Å². The van der Waals surface area contributed by atoms with Crippen LogP contribution in [0.5, 0.6) is 0 Å². The van der Waals surface area contributed by atoms with E-state index in [2.05, 4.69) is 37.4 Å². The van der Waals surface area contributed by atoms with Gasteiger partial charge in [-0.15, -0.1) is 6.42 Å². The average molecular weight is 350 g/mol. The number of hydrogen-bond donors (Lipinski definition) is 1. The van der Waals surface area contributed by atoms with Crippen LogP contribution in [0.3, 0.4) is 0 Å². The SMILES string of the molecule is C#CCn1ncc(NCc2c(C)nn(C)c2C)c(Br)c1=O. The molecule has 1 N–H and O–H groups in total. The maximum absolute atomic E-state index is 12.0. The van der Waals surface area contributed by atoms with Crippen molar-refractivity contribution < 1.29 is 0 Å². The highest BCUT2D eigenvalue weighted by molar-refractivity contribution is 9.10. The number of halogens is 1. The maximum atomic E-state index is 12.0. The molecule has 0 aliphatic rings. The van der Waals surface area contributed by atoms with Gasteiger partial charge in [0, 0.05) is 24.8 Å². The minimum Gasteiger partial charge on any atom is -0.378 e. The first kappa shape index (κ1) is 15.3. The van der Waals surface area contributed by atoms with Gasteiger partial charge in [-0.3, -0.25) is 9.48 Å². The molecule has 0 aliphatic carbocycles. The highest BCUT2D eigenvalue weighted by Crippen LogP contribution is 2.19. The van der Waals surface area contributed by atoms with Gasteiger partial charge in [0.05, 0.1) is 17.6 Å². The number of terminal acetylenes is 1. The van der Waals surface area contributed by atoms with Crippen LogP contribution >= 0.6 is 15.9 Å². The van der Waals surface area contributed by atoms with Crippen molar-refractivity contribution in [2.45, 2.75) is 26.9 Å². The third-order valence-electron chi connectivity index (χ3n) is 3.34. The standard InChI is InChI=1S/C14H16BrN5O/c1-5-6-20-14(21)13(15)12(8-17-20)16-7-11-9(2)18-19(4)10(11)3/h1,8,16H,6-7H2,2-4H3. The molecule has 0 aliphatic heterocycles. The van der Waals surface area contributed by atoms with Gasteiger partial charge in [-0.05, 0) is 29.8 Å². The van der Waals surface area contributed by atoms with Crippen LogP contribution in [-0.4, -0.2) is 19.6 Å². The summed E-state index contributed by atoms with van der Waals surface area (Å²) in [6, 6.07) is 0. The third-order valence-corrected chi connectivity index (χ3v) is 4.11. The van der Waals surface area contributed by atoms with Gasteiger partial charge in [0.1, 0.15) is 11.0 Å². The fourth-order valence-corrected chi connectivity index (χ4v) is 2.49. The Hall–Kier alpha value is -2.07. The molecule has 21 heavy (non-hydrogen) atoms. The smallest absolute Gasteiger partial charge is 0.284 e. The summed E-state index contributed by atoms with van der Waals surface area (Å²) < 4.78 is 3.49. The second-order valence-corrected chi connectivity index (χ2v) is 5.46. The molecule has 7 heteroatoms. The minimum atomic E-state index is -0.252. The van der Waals surface area contributed by atoms with E-state index in [1.807, 2.05) is 25.6 Å². The first-order valence-corrected chi connectivity index (χ1v) is 7.17. The Balaban J connectivity index is 2.23. The van der Waals surface area contributed by atoms with E-state index in [0.717, 1.165) is 17.0 Å². The molecule has 2 heterocycles. The number of aromatic nitrogens is 4. The van der Waals surface area contributed by atoms with Crippen LogP contribution in [-0.2, 0) is 20.1 Å². The van der Waals surface area contributed by atoms with Crippen molar-refractivity contribution >= 4 is 21.6 Å². The summed E-state index contributed by atoms with van der Waals surface area (Å²) in [6.45, 7) is 4.69. The summed E-state index contributed by atoms with van der Waals surface area (Å²) in [5, 5.41) is 11.6. The normalized spacial score (nSPS) is 10.4. The molecule has 0 spiro atoms. The Morgan fingerprint density at radius 3 is 2.76 bits per heavy atom. The van der Waals surface area contributed by atoms with Crippen LogP contribution in [0, 0.1) is 26.2 Å². The molecule has 0 amide bonds. The van der Waals surface area contributed by atoms with Crippen molar-refractivity contribution in [2.75, 3.05) is 5.32 Å². The molecule has 0 atom stereocenters. The molecule has 0 aromatic carbocycles. The zero-order valence-electron chi connectivity index (χ0n) is 12.1. The van der Waals surface area contributed by atoms with E-state index in [9.17, 15) is 4.79 Å². The maximum Gasteiger partial charge on any atom is 0.284 e. The summed E-state index contributed by atoms with van der Waals surface area (Å²) in [6.07, 6.45) is 6.79. The largest absolute Gasteiger partial charge is 0.378 e. The van der Waals surface area contributed by atoms with Crippen LogP contribution in [0.25, 0.3) is 0 Å². The lowest BCUT2D eigenvalue weighted by atomic mass is 10.2. The number of nitrogens with zero attached hydrogens (tertiary/aromatic N) is 4. The van der Waals surface area contributed by atoms with Crippen molar-refractivity contribution in [3.8, 4) is 12.3 Å². The zero-order valence-corrected chi connectivity index (χ0v) is 13.7. The van der Waals surface area contributed by atoms with Gasteiger partial charge < -0.3 is 5.32 Å². The Kier molecular flexibility index (Phi) is 4.48. The van der Waals surface area contributed by atoms with Gasteiger partial charge in [0.25, 0.3) is 5.56 Å². The van der Waals surface area contributed by atoms with Gasteiger partial charge in [0.15, 0.2) is 0 Å². The van der Waals surface area contributed by atoms with Crippen LogP contribution in [0.2, 0.25) is 0 Å². The van der Waals surface area contributed by atoms with Crippen LogP contribution in [0.15, 0.2) is 15.5 Å². The Bertz CT molecular complexity index is 769. The minimum absolute atomic E-state index is 0.151. The number of hydrogen-bond acceptors (Lipinski definition) is 4. The lowest BCUT2D eigenvalue weighted by Crippen LogP contribution is -2.24. The summed E-state index contributed by atoms with van der Waals surface area (Å²) in [4.78, 5) is 12.0. The molecular formula is C14H16BrN5O. The highest BCUT2D eigenvalue weighted by Gasteiger charge is 2.12. The van der Waals surface area contributed by atoms with E-state index in [-0.39, 0.29) is 12.1 Å². The van der Waals surface area contributed by atoms with Gasteiger partial charge in [-0.2, -0.15) is 10.2 Å². The molecule has 0 bridgehead atoms. The monoisotopic (exact) mass is 349 g/mol. The predicted octanol–water partition coefficient (Wildman–Crippen LogP) is 1.60. The molecule has 2 aromatic rings. The van der Waals surface area contributed by atoms with E-state index in [4.69, 9.17) is 6.42 Å². The number of aryl methyl sites for hydroxylation is 2. The van der Waals surface area contributed by atoms with Crippen LogP contribution in [0.4, 0.5) is 5.69 Å². The molecule has 6 nitrogen and oxygen atoms in total. The molecular weight excluding hydrogens is 334 g/mol. The molecule has 2 rings (SSSR count). The Labute approximate surface area is 131 Å². The topological polar surface area (TPSA) is 64.7 Å². The molecule has 0 radical (unpaired) electrons. The first-order valence-electron chi connectivity index (χ1n) is 6.37. The average Bonchev–Trinajstić information content (AvgIpc) is 2.69. The van der Waals surface area contributed by atoms with E-state index in [0.29, 0.717) is 16.7 Å². The van der Waals surface area contributed by atoms with E-state index < -0.39 is 0 Å². The van der Waals surface area contributed by atoms with Crippen molar-refractivity contribution in [1.82, 2.24) is 19.6 Å². The second kappa shape index (κ2) is 6.14. The Morgan fingerprint density at radius 2 is 2.19 bits per heavy atom. The van der Waals surface area contributed by atoms with Gasteiger partial charge >= 0.3 is 0 Å². The van der Waals surface area contributed by atoms with E-state index >= 15 is 0 Å². The first-order chi connectivity index (χ1) is 9.95. The number of anilines is 1.